The van der Waals surface area contributed by atoms with Crippen LogP contribution >= 0.6 is 15.9 Å². The average molecular weight is 343 g/mol. The van der Waals surface area contributed by atoms with Crippen LogP contribution in [0, 0.1) is 0 Å². The predicted molar refractivity (Wildman–Crippen MR) is 80.9 cm³/mol. The molecule has 0 bridgehead atoms. The van der Waals surface area contributed by atoms with Crippen LogP contribution in [0.1, 0.15) is 25.0 Å². The van der Waals surface area contributed by atoms with Crippen molar-refractivity contribution in [1.29, 1.82) is 0 Å². The molecule has 0 aromatic heterocycles. The average Bonchev–Trinajstić information content (AvgIpc) is 2.86. The van der Waals surface area contributed by atoms with E-state index in [-0.39, 0.29) is 12.1 Å². The van der Waals surface area contributed by atoms with E-state index in [1.807, 2.05) is 18.2 Å². The number of nitrogens with one attached hydrogen (secondary N) is 1. The summed E-state index contributed by atoms with van der Waals surface area (Å²) < 4.78 is 5.51. The van der Waals surface area contributed by atoms with Crippen molar-refractivity contribution in [3.8, 4) is 0 Å². The van der Waals surface area contributed by atoms with Crippen molar-refractivity contribution in [2.75, 3.05) is 25.1 Å². The molecule has 1 amide bonds. The molecule has 2 rings (SSSR count). The van der Waals surface area contributed by atoms with Gasteiger partial charge in [0, 0.05) is 23.2 Å². The number of carbonyl (C=O) groups is 1. The second-order valence-corrected chi connectivity index (χ2v) is 5.80. The third-order valence-electron chi connectivity index (χ3n) is 3.49. The summed E-state index contributed by atoms with van der Waals surface area (Å²) in [4.78, 5) is 13.4. The lowest BCUT2D eigenvalue weighted by Gasteiger charge is -2.20. The minimum Gasteiger partial charge on any atom is -0.453 e. The lowest BCUT2D eigenvalue weighted by Crippen LogP contribution is -2.36. The van der Waals surface area contributed by atoms with Crippen molar-refractivity contribution in [2.45, 2.75) is 25.5 Å². The molecule has 20 heavy (non-hydrogen) atoms. The number of amides is 1. The summed E-state index contributed by atoms with van der Waals surface area (Å²) in [5.41, 5.74) is 1.95. The highest BCUT2D eigenvalue weighted by Crippen LogP contribution is 2.29. The molecule has 110 valence electrons. The Labute approximate surface area is 127 Å². The highest BCUT2D eigenvalue weighted by atomic mass is 79.9. The number of aliphatic hydroxyl groups is 1. The number of alkyl carbamates (subject to hydrolysis) is 1. The van der Waals surface area contributed by atoms with Gasteiger partial charge in [0.2, 0.25) is 0 Å². The second-order valence-electron chi connectivity index (χ2n) is 4.95. The highest BCUT2D eigenvalue weighted by molar-refractivity contribution is 9.10. The van der Waals surface area contributed by atoms with Gasteiger partial charge in [0.1, 0.15) is 0 Å². The molecular weight excluding hydrogens is 324 g/mol. The number of anilines is 1. The first-order valence-corrected chi connectivity index (χ1v) is 7.37. The van der Waals surface area contributed by atoms with Gasteiger partial charge in [-0.15, -0.1) is 0 Å². The summed E-state index contributed by atoms with van der Waals surface area (Å²) in [6.45, 7) is 3.39. The van der Waals surface area contributed by atoms with Crippen LogP contribution in [0.2, 0.25) is 0 Å². The Hall–Kier alpha value is -1.27. The zero-order chi connectivity index (χ0) is 14.7. The summed E-state index contributed by atoms with van der Waals surface area (Å²) in [5, 5.41) is 12.4. The third-order valence-corrected chi connectivity index (χ3v) is 4.18. The molecule has 0 aliphatic carbocycles. The molecule has 1 fully saturated rings. The zero-order valence-corrected chi connectivity index (χ0v) is 13.2. The van der Waals surface area contributed by atoms with Gasteiger partial charge in [-0.3, -0.25) is 0 Å². The quantitative estimate of drug-likeness (QED) is 0.885. The van der Waals surface area contributed by atoms with Crippen molar-refractivity contribution in [3.05, 3.63) is 28.2 Å². The lowest BCUT2D eigenvalue weighted by atomic mass is 10.1. The van der Waals surface area contributed by atoms with E-state index in [4.69, 9.17) is 0 Å². The standard InChI is InChI=1S/C14H19BrN2O3/c1-9(18)12-4-3-11(7-13(12)15)17-6-5-10(8-17)16-14(19)20-2/h3-4,7,9-10,18H,5-6,8H2,1-2H3,(H,16,19)/t9-,10?/m0/s1. The Morgan fingerprint density at radius 3 is 2.95 bits per heavy atom. The molecule has 1 heterocycles. The Balaban J connectivity index is 2.03. The Bertz CT molecular complexity index is 493. The molecule has 0 spiro atoms. The van der Waals surface area contributed by atoms with Crippen molar-refractivity contribution in [3.63, 3.8) is 0 Å². The van der Waals surface area contributed by atoms with Crippen molar-refractivity contribution in [1.82, 2.24) is 5.32 Å². The van der Waals surface area contributed by atoms with E-state index in [0.29, 0.717) is 0 Å². The number of aliphatic hydroxyl groups excluding tert-OH is 1. The molecule has 1 saturated heterocycles. The summed E-state index contributed by atoms with van der Waals surface area (Å²) in [5.74, 6) is 0. The van der Waals surface area contributed by atoms with Gasteiger partial charge in [0.25, 0.3) is 0 Å². The number of nitrogens with zero attached hydrogens (tertiary/aromatic N) is 1. The SMILES string of the molecule is COC(=O)NC1CCN(c2ccc([C@H](C)O)c(Br)c2)C1. The van der Waals surface area contributed by atoms with E-state index in [1.54, 1.807) is 6.92 Å². The maximum Gasteiger partial charge on any atom is 0.407 e. The van der Waals surface area contributed by atoms with Crippen LogP contribution in [0.15, 0.2) is 22.7 Å². The number of carbonyl (C=O) groups excluding carboxylic acids is 1. The summed E-state index contributed by atoms with van der Waals surface area (Å²) >= 11 is 3.49. The fraction of sp³-hybridized carbons (Fsp3) is 0.500. The minimum absolute atomic E-state index is 0.109. The van der Waals surface area contributed by atoms with E-state index < -0.39 is 6.10 Å². The lowest BCUT2D eigenvalue weighted by molar-refractivity contribution is 0.167. The predicted octanol–water partition coefficient (Wildman–Crippen LogP) is 2.44. The first-order chi connectivity index (χ1) is 9.51. The van der Waals surface area contributed by atoms with Gasteiger partial charge in [-0.1, -0.05) is 22.0 Å². The van der Waals surface area contributed by atoms with Gasteiger partial charge in [-0.25, -0.2) is 4.79 Å². The molecule has 2 N–H and O–H groups in total. The van der Waals surface area contributed by atoms with Gasteiger partial charge in [0.05, 0.1) is 19.3 Å². The van der Waals surface area contributed by atoms with Gasteiger partial charge < -0.3 is 20.1 Å². The normalized spacial score (nSPS) is 19.8. The molecule has 1 aromatic carbocycles. The summed E-state index contributed by atoms with van der Waals surface area (Å²) in [6, 6.07) is 6.03. The fourth-order valence-electron chi connectivity index (χ4n) is 2.39. The van der Waals surface area contributed by atoms with Crippen LogP contribution in [-0.2, 0) is 4.74 Å². The molecule has 6 heteroatoms. The number of halogens is 1. The van der Waals surface area contributed by atoms with Gasteiger partial charge >= 0.3 is 6.09 Å². The monoisotopic (exact) mass is 342 g/mol. The number of benzene rings is 1. The smallest absolute Gasteiger partial charge is 0.407 e. The summed E-state index contributed by atoms with van der Waals surface area (Å²) in [6.07, 6.45) is 0.0125. The number of rotatable bonds is 3. The first kappa shape index (κ1) is 15.1. The Morgan fingerprint density at radius 1 is 1.60 bits per heavy atom. The van der Waals surface area contributed by atoms with E-state index in [2.05, 4.69) is 30.9 Å². The molecule has 1 aliphatic heterocycles. The van der Waals surface area contributed by atoms with Crippen molar-refractivity contribution < 1.29 is 14.6 Å². The topological polar surface area (TPSA) is 61.8 Å². The third kappa shape index (κ3) is 3.43. The van der Waals surface area contributed by atoms with E-state index in [9.17, 15) is 9.90 Å². The van der Waals surface area contributed by atoms with Crippen molar-refractivity contribution in [2.24, 2.45) is 0 Å². The maximum absolute atomic E-state index is 11.2. The largest absolute Gasteiger partial charge is 0.453 e. The maximum atomic E-state index is 11.2. The van der Waals surface area contributed by atoms with Gasteiger partial charge in [0.15, 0.2) is 0 Å². The Kier molecular flexibility index (Phi) is 4.88. The molecule has 0 saturated carbocycles. The number of ether oxygens (including phenoxy) is 1. The van der Waals surface area contributed by atoms with Crippen LogP contribution in [0.3, 0.4) is 0 Å². The van der Waals surface area contributed by atoms with Crippen LogP contribution in [-0.4, -0.2) is 37.4 Å². The number of methoxy groups -OCH3 is 1. The van der Waals surface area contributed by atoms with E-state index in [1.165, 1.54) is 7.11 Å². The molecule has 2 atom stereocenters. The highest BCUT2D eigenvalue weighted by Gasteiger charge is 2.24. The van der Waals surface area contributed by atoms with E-state index >= 15 is 0 Å². The van der Waals surface area contributed by atoms with Crippen LogP contribution < -0.4 is 10.2 Å². The fourth-order valence-corrected chi connectivity index (χ4v) is 3.09. The molecule has 5 nitrogen and oxygen atoms in total. The summed E-state index contributed by atoms with van der Waals surface area (Å²) in [7, 11) is 1.37. The molecule has 0 radical (unpaired) electrons. The van der Waals surface area contributed by atoms with Gasteiger partial charge in [-0.05, 0) is 31.0 Å². The Morgan fingerprint density at radius 2 is 2.35 bits per heavy atom. The molecular formula is C14H19BrN2O3. The minimum atomic E-state index is -0.495. The molecule has 1 aliphatic rings. The number of hydrogen-bond acceptors (Lipinski definition) is 4. The number of hydrogen-bond donors (Lipinski definition) is 2. The molecule has 1 unspecified atom stereocenters. The van der Waals surface area contributed by atoms with Gasteiger partial charge in [-0.2, -0.15) is 0 Å². The first-order valence-electron chi connectivity index (χ1n) is 6.58. The van der Waals surface area contributed by atoms with E-state index in [0.717, 1.165) is 35.2 Å². The van der Waals surface area contributed by atoms with Crippen LogP contribution in [0.5, 0.6) is 0 Å². The van der Waals surface area contributed by atoms with Crippen LogP contribution in [0.4, 0.5) is 10.5 Å². The molecule has 1 aromatic rings. The van der Waals surface area contributed by atoms with Crippen molar-refractivity contribution >= 4 is 27.7 Å². The zero-order valence-electron chi connectivity index (χ0n) is 11.6. The second kappa shape index (κ2) is 6.45. The van der Waals surface area contributed by atoms with Crippen LogP contribution in [0.25, 0.3) is 0 Å².